The summed E-state index contributed by atoms with van der Waals surface area (Å²) in [4.78, 5) is 4.08. The van der Waals surface area contributed by atoms with Crippen LogP contribution < -0.4 is 11.1 Å². The maximum Gasteiger partial charge on any atom is 0.149 e. The molecule has 0 radical (unpaired) electrons. The normalized spacial score (nSPS) is 10.0. The summed E-state index contributed by atoms with van der Waals surface area (Å²) >= 11 is 0. The Labute approximate surface area is 80.9 Å². The van der Waals surface area contributed by atoms with Crippen LogP contribution in [0.15, 0.2) is 35.2 Å². The van der Waals surface area contributed by atoms with Crippen molar-refractivity contribution in [2.75, 3.05) is 11.1 Å². The molecule has 0 saturated carbocycles. The lowest BCUT2D eigenvalue weighted by molar-refractivity contribution is 0.412. The summed E-state index contributed by atoms with van der Waals surface area (Å²) in [6.45, 7) is 0.553. The van der Waals surface area contributed by atoms with E-state index in [9.17, 15) is 0 Å². The quantitative estimate of drug-likeness (QED) is 0.762. The average Bonchev–Trinajstić information content (AvgIpc) is 2.69. The molecule has 0 fully saturated rings. The molecule has 0 aliphatic heterocycles. The molecular formula is C9H10N4O. The lowest BCUT2D eigenvalue weighted by atomic mass is 10.3. The van der Waals surface area contributed by atoms with Crippen molar-refractivity contribution in [2.45, 2.75) is 6.54 Å². The van der Waals surface area contributed by atoms with Crippen molar-refractivity contribution in [1.29, 1.82) is 0 Å². The molecule has 3 N–H and O–H groups in total. The highest BCUT2D eigenvalue weighted by molar-refractivity contribution is 5.60. The predicted molar refractivity (Wildman–Crippen MR) is 52.5 cm³/mol. The summed E-state index contributed by atoms with van der Waals surface area (Å²) in [6.07, 6.45) is 3.21. The summed E-state index contributed by atoms with van der Waals surface area (Å²) in [5.41, 5.74) is 7.13. The van der Waals surface area contributed by atoms with Gasteiger partial charge in [0.2, 0.25) is 0 Å². The largest absolute Gasteiger partial charge is 0.396 e. The number of hydrogen-bond donors (Lipinski definition) is 2. The van der Waals surface area contributed by atoms with Gasteiger partial charge in [0.05, 0.1) is 12.2 Å². The molecule has 0 aliphatic rings. The molecule has 2 heterocycles. The van der Waals surface area contributed by atoms with Crippen LogP contribution in [-0.4, -0.2) is 10.1 Å². The van der Waals surface area contributed by atoms with E-state index >= 15 is 0 Å². The van der Waals surface area contributed by atoms with E-state index in [1.165, 1.54) is 6.26 Å². The topological polar surface area (TPSA) is 77.0 Å². The van der Waals surface area contributed by atoms with Crippen molar-refractivity contribution in [2.24, 2.45) is 0 Å². The Morgan fingerprint density at radius 2 is 2.36 bits per heavy atom. The molecule has 72 valence electrons. The standard InChI is InChI=1S/C9H10N4O/c10-8-2-1-4-11-9(8)12-6-7-3-5-14-13-7/h1-5H,6,10H2,(H,11,12). The van der Waals surface area contributed by atoms with Gasteiger partial charge in [-0.3, -0.25) is 0 Å². The molecule has 0 bridgehead atoms. The van der Waals surface area contributed by atoms with Gasteiger partial charge in [-0.05, 0) is 12.1 Å². The van der Waals surface area contributed by atoms with E-state index in [4.69, 9.17) is 10.3 Å². The molecule has 0 saturated heterocycles. The average molecular weight is 190 g/mol. The maximum atomic E-state index is 5.69. The van der Waals surface area contributed by atoms with Crippen LogP contribution in [-0.2, 0) is 6.54 Å². The summed E-state index contributed by atoms with van der Waals surface area (Å²) in [7, 11) is 0. The Morgan fingerprint density at radius 1 is 1.43 bits per heavy atom. The Bertz CT molecular complexity index is 399. The molecule has 0 aromatic carbocycles. The third kappa shape index (κ3) is 1.82. The van der Waals surface area contributed by atoms with Crippen LogP contribution >= 0.6 is 0 Å². The smallest absolute Gasteiger partial charge is 0.149 e. The summed E-state index contributed by atoms with van der Waals surface area (Å²) in [6, 6.07) is 5.36. The van der Waals surface area contributed by atoms with Crippen molar-refractivity contribution in [3.8, 4) is 0 Å². The van der Waals surface area contributed by atoms with Gasteiger partial charge in [0.15, 0.2) is 0 Å². The zero-order valence-corrected chi connectivity index (χ0v) is 7.47. The molecule has 0 amide bonds. The molecule has 0 aliphatic carbocycles. The monoisotopic (exact) mass is 190 g/mol. The number of pyridine rings is 1. The van der Waals surface area contributed by atoms with Crippen molar-refractivity contribution in [1.82, 2.24) is 10.1 Å². The van der Waals surface area contributed by atoms with Gasteiger partial charge >= 0.3 is 0 Å². The van der Waals surface area contributed by atoms with E-state index in [1.54, 1.807) is 24.4 Å². The van der Waals surface area contributed by atoms with Crippen LogP contribution in [0.25, 0.3) is 0 Å². The molecule has 2 rings (SSSR count). The number of aromatic nitrogens is 2. The van der Waals surface area contributed by atoms with Gasteiger partial charge in [0.25, 0.3) is 0 Å². The van der Waals surface area contributed by atoms with Crippen LogP contribution in [0.5, 0.6) is 0 Å². The molecule has 0 unspecified atom stereocenters. The maximum absolute atomic E-state index is 5.69. The first kappa shape index (κ1) is 8.55. The number of nitrogens with zero attached hydrogens (tertiary/aromatic N) is 2. The molecule has 0 atom stereocenters. The van der Waals surface area contributed by atoms with Crippen LogP contribution in [0.3, 0.4) is 0 Å². The molecule has 2 aromatic rings. The van der Waals surface area contributed by atoms with E-state index in [1.807, 2.05) is 0 Å². The highest BCUT2D eigenvalue weighted by atomic mass is 16.5. The first-order valence-electron chi connectivity index (χ1n) is 4.20. The Hall–Kier alpha value is -2.04. The number of nitrogens with two attached hydrogens (primary N) is 1. The predicted octanol–water partition coefficient (Wildman–Crippen LogP) is 1.26. The second kappa shape index (κ2) is 3.78. The number of nitrogens with one attached hydrogen (secondary N) is 1. The Morgan fingerprint density at radius 3 is 3.07 bits per heavy atom. The van der Waals surface area contributed by atoms with Crippen molar-refractivity contribution in [3.63, 3.8) is 0 Å². The van der Waals surface area contributed by atoms with E-state index in [-0.39, 0.29) is 0 Å². The van der Waals surface area contributed by atoms with E-state index < -0.39 is 0 Å². The van der Waals surface area contributed by atoms with Crippen LogP contribution in [0.2, 0.25) is 0 Å². The SMILES string of the molecule is Nc1cccnc1NCc1ccon1. The summed E-state index contributed by atoms with van der Waals surface area (Å²) in [5.74, 6) is 0.663. The fourth-order valence-electron chi connectivity index (χ4n) is 1.07. The molecule has 5 heteroatoms. The van der Waals surface area contributed by atoms with E-state index in [0.717, 1.165) is 5.69 Å². The number of rotatable bonds is 3. The molecule has 0 spiro atoms. The lowest BCUT2D eigenvalue weighted by Gasteiger charge is -2.04. The molecule has 14 heavy (non-hydrogen) atoms. The van der Waals surface area contributed by atoms with Crippen LogP contribution in [0.1, 0.15) is 5.69 Å². The van der Waals surface area contributed by atoms with Gasteiger partial charge in [0, 0.05) is 12.3 Å². The fourth-order valence-corrected chi connectivity index (χ4v) is 1.07. The molecule has 2 aromatic heterocycles. The third-order valence-electron chi connectivity index (χ3n) is 1.77. The van der Waals surface area contributed by atoms with Crippen molar-refractivity contribution >= 4 is 11.5 Å². The number of anilines is 2. The minimum Gasteiger partial charge on any atom is -0.396 e. The van der Waals surface area contributed by atoms with Crippen LogP contribution in [0.4, 0.5) is 11.5 Å². The third-order valence-corrected chi connectivity index (χ3v) is 1.77. The molecular weight excluding hydrogens is 180 g/mol. The summed E-state index contributed by atoms with van der Waals surface area (Å²) < 4.78 is 4.69. The number of nitrogen functional groups attached to an aromatic ring is 1. The summed E-state index contributed by atoms with van der Waals surface area (Å²) in [5, 5.41) is 6.81. The van der Waals surface area contributed by atoms with Gasteiger partial charge < -0.3 is 15.6 Å². The van der Waals surface area contributed by atoms with Crippen LogP contribution in [0, 0.1) is 0 Å². The highest BCUT2D eigenvalue weighted by Crippen LogP contribution is 2.13. The van der Waals surface area contributed by atoms with E-state index in [0.29, 0.717) is 18.1 Å². The van der Waals surface area contributed by atoms with Gasteiger partial charge in [0.1, 0.15) is 17.8 Å². The van der Waals surface area contributed by atoms with Gasteiger partial charge in [-0.15, -0.1) is 0 Å². The number of hydrogen-bond acceptors (Lipinski definition) is 5. The van der Waals surface area contributed by atoms with E-state index in [2.05, 4.69) is 15.5 Å². The second-order valence-corrected chi connectivity index (χ2v) is 2.79. The first-order chi connectivity index (χ1) is 6.86. The minimum absolute atomic E-state index is 0.553. The van der Waals surface area contributed by atoms with Crippen molar-refractivity contribution < 1.29 is 4.52 Å². The molecule has 5 nitrogen and oxygen atoms in total. The minimum atomic E-state index is 0.553. The van der Waals surface area contributed by atoms with Crippen molar-refractivity contribution in [3.05, 3.63) is 36.4 Å². The van der Waals surface area contributed by atoms with Gasteiger partial charge in [-0.2, -0.15) is 0 Å². The van der Waals surface area contributed by atoms with Gasteiger partial charge in [-0.25, -0.2) is 4.98 Å². The first-order valence-corrected chi connectivity index (χ1v) is 4.20. The van der Waals surface area contributed by atoms with Gasteiger partial charge in [-0.1, -0.05) is 5.16 Å². The highest BCUT2D eigenvalue weighted by Gasteiger charge is 2.00. The lowest BCUT2D eigenvalue weighted by Crippen LogP contribution is -2.04. The zero-order valence-electron chi connectivity index (χ0n) is 7.47. The fraction of sp³-hybridized carbons (Fsp3) is 0.111. The Balaban J connectivity index is 2.02. The zero-order chi connectivity index (χ0) is 9.80. The Kier molecular flexibility index (Phi) is 2.31. The second-order valence-electron chi connectivity index (χ2n) is 2.79.